The molecule has 166 valence electrons. The molecule has 1 saturated heterocycles. The fourth-order valence-corrected chi connectivity index (χ4v) is 3.81. The number of amides is 1. The Morgan fingerprint density at radius 1 is 1.29 bits per heavy atom. The Bertz CT molecular complexity index is 956. The van der Waals surface area contributed by atoms with Crippen molar-refractivity contribution in [2.24, 2.45) is 0 Å². The number of nitrogens with one attached hydrogen (secondary N) is 1. The van der Waals surface area contributed by atoms with Crippen LogP contribution in [0.4, 0.5) is 0 Å². The van der Waals surface area contributed by atoms with Crippen molar-refractivity contribution in [3.05, 3.63) is 59.4 Å². The second-order valence-electron chi connectivity index (χ2n) is 7.42. The van der Waals surface area contributed by atoms with Gasteiger partial charge in [-0.05, 0) is 13.3 Å². The van der Waals surface area contributed by atoms with E-state index < -0.39 is 47.1 Å². The Kier molecular flexibility index (Phi) is 6.15. The van der Waals surface area contributed by atoms with Crippen molar-refractivity contribution in [1.29, 1.82) is 0 Å². The Labute approximate surface area is 179 Å². The number of hydrogen-bond donors (Lipinski definition) is 4. The first-order chi connectivity index (χ1) is 14.7. The largest absolute Gasteiger partial charge is 0.467 e. The minimum Gasteiger partial charge on any atom is -0.467 e. The number of methoxy groups -OCH3 is 1. The highest BCUT2D eigenvalue weighted by atomic mass is 16.6. The average molecular weight is 431 g/mol. The Balaban J connectivity index is 1.99. The molecule has 2 aliphatic heterocycles. The van der Waals surface area contributed by atoms with Gasteiger partial charge in [0.1, 0.15) is 18.0 Å². The Morgan fingerprint density at radius 3 is 2.52 bits per heavy atom. The lowest BCUT2D eigenvalue weighted by Crippen LogP contribution is -2.60. The molecular weight excluding hydrogens is 406 g/mol. The van der Waals surface area contributed by atoms with Crippen LogP contribution in [0.5, 0.6) is 0 Å². The van der Waals surface area contributed by atoms with Gasteiger partial charge in [-0.1, -0.05) is 49.4 Å². The fourth-order valence-electron chi connectivity index (χ4n) is 3.81. The van der Waals surface area contributed by atoms with Crippen LogP contribution in [0.15, 0.2) is 53.8 Å². The molecule has 4 N–H and O–H groups in total. The molecule has 1 fully saturated rings. The lowest BCUT2D eigenvalue weighted by molar-refractivity contribution is -0.163. The van der Waals surface area contributed by atoms with Crippen molar-refractivity contribution < 1.29 is 39.2 Å². The van der Waals surface area contributed by atoms with Crippen molar-refractivity contribution in [2.75, 3.05) is 7.11 Å². The van der Waals surface area contributed by atoms with Crippen LogP contribution >= 0.6 is 0 Å². The van der Waals surface area contributed by atoms with Gasteiger partial charge in [-0.25, -0.2) is 0 Å². The zero-order valence-electron chi connectivity index (χ0n) is 17.4. The molecule has 0 radical (unpaired) electrons. The van der Waals surface area contributed by atoms with Crippen LogP contribution in [-0.4, -0.2) is 69.5 Å². The third-order valence-corrected chi connectivity index (χ3v) is 5.58. The topological polar surface area (TPSA) is 142 Å². The number of benzene rings is 1. The number of ether oxygens (including phenoxy) is 2. The highest BCUT2D eigenvalue weighted by molar-refractivity contribution is 6.23. The van der Waals surface area contributed by atoms with Gasteiger partial charge in [-0.15, -0.1) is 0 Å². The van der Waals surface area contributed by atoms with E-state index in [1.807, 2.05) is 6.92 Å². The summed E-state index contributed by atoms with van der Waals surface area (Å²) in [5, 5.41) is 34.0. The molecule has 9 nitrogen and oxygen atoms in total. The van der Waals surface area contributed by atoms with Gasteiger partial charge in [0.2, 0.25) is 17.3 Å². The standard InChI is InChI=1S/C22H25NO8/c1-4-5-11-14(24)15(25)16-12(2)17(26)21(31-16)19(28)22(30-3,23-20(21)29)18(27)13-9-7-6-8-10-13/h5-11,14-15,19,24-25,28H,4H2,1-3H3,(H,23,29)/t14-,15+,19-,21+,22+/m0/s1. The Hall–Kier alpha value is -2.85. The highest BCUT2D eigenvalue weighted by Gasteiger charge is 2.74. The van der Waals surface area contributed by atoms with Crippen LogP contribution in [0.2, 0.25) is 0 Å². The number of carbonyl (C=O) groups is 3. The van der Waals surface area contributed by atoms with Crippen LogP contribution < -0.4 is 5.32 Å². The average Bonchev–Trinajstić information content (AvgIpc) is 3.18. The number of hydrogen-bond acceptors (Lipinski definition) is 8. The van der Waals surface area contributed by atoms with Gasteiger partial charge in [0, 0.05) is 18.2 Å². The normalized spacial score (nSPS) is 30.1. The fraction of sp³-hybridized carbons (Fsp3) is 0.409. The third-order valence-electron chi connectivity index (χ3n) is 5.58. The van der Waals surface area contributed by atoms with Crippen LogP contribution in [0, 0.1) is 0 Å². The van der Waals surface area contributed by atoms with Crippen molar-refractivity contribution in [3.8, 4) is 0 Å². The summed E-state index contributed by atoms with van der Waals surface area (Å²) in [5.74, 6) is -3.15. The number of rotatable bonds is 7. The molecular formula is C22H25NO8. The zero-order valence-corrected chi connectivity index (χ0v) is 17.4. The van der Waals surface area contributed by atoms with E-state index in [4.69, 9.17) is 9.47 Å². The van der Waals surface area contributed by atoms with E-state index >= 15 is 0 Å². The maximum Gasteiger partial charge on any atom is 0.278 e. The number of carbonyl (C=O) groups excluding carboxylic acids is 3. The second kappa shape index (κ2) is 8.35. The molecule has 31 heavy (non-hydrogen) atoms. The number of aliphatic hydroxyl groups is 3. The smallest absolute Gasteiger partial charge is 0.278 e. The van der Waals surface area contributed by atoms with Crippen LogP contribution in [0.3, 0.4) is 0 Å². The zero-order chi connectivity index (χ0) is 23.0. The van der Waals surface area contributed by atoms with Crippen molar-refractivity contribution in [1.82, 2.24) is 5.32 Å². The summed E-state index contributed by atoms with van der Waals surface area (Å²) in [5.41, 5.74) is -4.83. The minimum absolute atomic E-state index is 0.135. The summed E-state index contributed by atoms with van der Waals surface area (Å²) in [6.07, 6.45) is -1.60. The maximum absolute atomic E-state index is 13.1. The SMILES string of the molecule is CCC=C[C@H](O)[C@@H](O)C1=C(C)C(=O)[C@]2(O1)C(=O)N[C@@](OC)(C(=O)c1ccccc1)[C@H]2O. The summed E-state index contributed by atoms with van der Waals surface area (Å²) in [6, 6.07) is 7.82. The first-order valence-electron chi connectivity index (χ1n) is 9.80. The van der Waals surface area contributed by atoms with E-state index in [0.29, 0.717) is 6.42 Å². The number of aliphatic hydroxyl groups excluding tert-OH is 3. The molecule has 0 unspecified atom stereocenters. The molecule has 0 saturated carbocycles. The quantitative estimate of drug-likeness (QED) is 0.269. The van der Waals surface area contributed by atoms with Crippen molar-refractivity contribution in [2.45, 2.75) is 49.9 Å². The molecule has 2 aliphatic rings. The first-order valence-corrected chi connectivity index (χ1v) is 9.80. The molecule has 3 rings (SSSR count). The summed E-state index contributed by atoms with van der Waals surface area (Å²) < 4.78 is 10.8. The summed E-state index contributed by atoms with van der Waals surface area (Å²) in [6.45, 7) is 3.13. The molecule has 0 aliphatic carbocycles. The molecule has 0 aromatic heterocycles. The highest BCUT2D eigenvalue weighted by Crippen LogP contribution is 2.44. The summed E-state index contributed by atoms with van der Waals surface area (Å²) in [4.78, 5) is 39.2. The van der Waals surface area contributed by atoms with E-state index in [1.54, 1.807) is 24.3 Å². The molecule has 2 heterocycles. The minimum atomic E-state index is -2.53. The van der Waals surface area contributed by atoms with Gasteiger partial charge in [0.15, 0.2) is 6.10 Å². The van der Waals surface area contributed by atoms with E-state index in [-0.39, 0.29) is 16.9 Å². The summed E-state index contributed by atoms with van der Waals surface area (Å²) in [7, 11) is 1.11. The van der Waals surface area contributed by atoms with E-state index in [9.17, 15) is 29.7 Å². The lowest BCUT2D eigenvalue weighted by Gasteiger charge is -2.32. The molecule has 1 aromatic rings. The predicted molar refractivity (Wildman–Crippen MR) is 108 cm³/mol. The van der Waals surface area contributed by atoms with Crippen LogP contribution in [0.25, 0.3) is 0 Å². The molecule has 9 heteroatoms. The predicted octanol–water partition coefficient (Wildman–Crippen LogP) is 0.00280. The van der Waals surface area contributed by atoms with E-state index in [0.717, 1.165) is 7.11 Å². The maximum atomic E-state index is 13.1. The van der Waals surface area contributed by atoms with Crippen LogP contribution in [-0.2, 0) is 19.1 Å². The van der Waals surface area contributed by atoms with Gasteiger partial charge >= 0.3 is 0 Å². The molecule has 0 bridgehead atoms. The third kappa shape index (κ3) is 3.30. The molecule has 1 aromatic carbocycles. The summed E-state index contributed by atoms with van der Waals surface area (Å²) >= 11 is 0. The van der Waals surface area contributed by atoms with Gasteiger partial charge in [0.05, 0.1) is 0 Å². The number of Topliss-reactive ketones (excluding diaryl/α,β-unsaturated/α-hetero) is 2. The van der Waals surface area contributed by atoms with E-state index in [2.05, 4.69) is 5.32 Å². The molecule has 1 amide bonds. The van der Waals surface area contributed by atoms with Gasteiger partial charge < -0.3 is 30.1 Å². The molecule has 5 atom stereocenters. The first kappa shape index (κ1) is 22.8. The van der Waals surface area contributed by atoms with Crippen LogP contribution in [0.1, 0.15) is 30.6 Å². The second-order valence-corrected chi connectivity index (χ2v) is 7.42. The van der Waals surface area contributed by atoms with Gasteiger partial charge in [0.25, 0.3) is 11.5 Å². The van der Waals surface area contributed by atoms with Crippen molar-refractivity contribution >= 4 is 17.5 Å². The monoisotopic (exact) mass is 431 g/mol. The van der Waals surface area contributed by atoms with Gasteiger partial charge in [-0.2, -0.15) is 0 Å². The molecule has 1 spiro atoms. The van der Waals surface area contributed by atoms with E-state index in [1.165, 1.54) is 25.1 Å². The number of ketones is 2. The Morgan fingerprint density at radius 2 is 1.94 bits per heavy atom. The number of allylic oxidation sites excluding steroid dienone is 1. The van der Waals surface area contributed by atoms with Crippen molar-refractivity contribution in [3.63, 3.8) is 0 Å². The lowest BCUT2D eigenvalue weighted by atomic mass is 9.85. The van der Waals surface area contributed by atoms with Gasteiger partial charge in [-0.3, -0.25) is 14.4 Å².